The summed E-state index contributed by atoms with van der Waals surface area (Å²) < 4.78 is 5.27. The van der Waals surface area contributed by atoms with Crippen molar-refractivity contribution in [1.29, 1.82) is 5.26 Å². The number of anilines is 2. The highest BCUT2D eigenvalue weighted by molar-refractivity contribution is 5.69. The van der Waals surface area contributed by atoms with Gasteiger partial charge in [0.25, 0.3) is 0 Å². The van der Waals surface area contributed by atoms with Gasteiger partial charge in [-0.05, 0) is 25.1 Å². The first-order valence-electron chi connectivity index (χ1n) is 5.27. The van der Waals surface area contributed by atoms with Crippen LogP contribution in [0.25, 0.3) is 0 Å². The predicted octanol–water partition coefficient (Wildman–Crippen LogP) is 1.61. The van der Waals surface area contributed by atoms with E-state index in [0.29, 0.717) is 24.5 Å². The molecule has 0 aliphatic heterocycles. The van der Waals surface area contributed by atoms with Gasteiger partial charge < -0.3 is 15.4 Å². The number of rotatable bonds is 5. The number of ether oxygens (including phenoxy) is 1. The summed E-state index contributed by atoms with van der Waals surface area (Å²) in [4.78, 5) is 1.99. The fourth-order valence-corrected chi connectivity index (χ4v) is 1.41. The van der Waals surface area contributed by atoms with Gasteiger partial charge in [0.1, 0.15) is 0 Å². The van der Waals surface area contributed by atoms with Crippen molar-refractivity contribution in [2.75, 3.05) is 37.4 Å². The van der Waals surface area contributed by atoms with Crippen LogP contribution in [0, 0.1) is 11.3 Å². The van der Waals surface area contributed by atoms with Gasteiger partial charge in [-0.1, -0.05) is 0 Å². The lowest BCUT2D eigenvalue weighted by molar-refractivity contribution is 0.154. The second-order valence-corrected chi connectivity index (χ2v) is 3.50. The first-order chi connectivity index (χ1) is 7.69. The molecule has 0 atom stereocenters. The number of hydrogen-bond donors (Lipinski definition) is 1. The smallest absolute Gasteiger partial charge is 0.0992 e. The van der Waals surface area contributed by atoms with Crippen LogP contribution in [0.15, 0.2) is 18.2 Å². The summed E-state index contributed by atoms with van der Waals surface area (Å²) in [5, 5.41) is 8.81. The van der Waals surface area contributed by atoms with Crippen molar-refractivity contribution in [3.63, 3.8) is 0 Å². The first kappa shape index (κ1) is 12.3. The first-order valence-corrected chi connectivity index (χ1v) is 5.27. The molecule has 1 rings (SSSR count). The van der Waals surface area contributed by atoms with E-state index in [4.69, 9.17) is 15.7 Å². The zero-order valence-corrected chi connectivity index (χ0v) is 9.73. The van der Waals surface area contributed by atoms with Crippen molar-refractivity contribution < 1.29 is 4.74 Å². The van der Waals surface area contributed by atoms with Crippen molar-refractivity contribution in [2.24, 2.45) is 0 Å². The van der Waals surface area contributed by atoms with Gasteiger partial charge in [-0.25, -0.2) is 0 Å². The molecule has 2 N–H and O–H groups in total. The highest BCUT2D eigenvalue weighted by atomic mass is 16.5. The van der Waals surface area contributed by atoms with Crippen LogP contribution < -0.4 is 10.6 Å². The average Bonchev–Trinajstić information content (AvgIpc) is 2.30. The molecule has 86 valence electrons. The van der Waals surface area contributed by atoms with E-state index in [1.807, 2.05) is 18.9 Å². The van der Waals surface area contributed by atoms with E-state index in [1.165, 1.54) is 0 Å². The molecule has 1 aromatic carbocycles. The van der Waals surface area contributed by atoms with Crippen LogP contribution >= 0.6 is 0 Å². The second-order valence-electron chi connectivity index (χ2n) is 3.50. The molecule has 0 spiro atoms. The van der Waals surface area contributed by atoms with Gasteiger partial charge in [-0.2, -0.15) is 5.26 Å². The van der Waals surface area contributed by atoms with Crippen molar-refractivity contribution in [2.45, 2.75) is 6.92 Å². The molecule has 4 heteroatoms. The largest absolute Gasteiger partial charge is 0.397 e. The molecule has 0 amide bonds. The lowest BCUT2D eigenvalue weighted by Crippen LogP contribution is -2.23. The lowest BCUT2D eigenvalue weighted by Gasteiger charge is -2.21. The van der Waals surface area contributed by atoms with Gasteiger partial charge in [0.05, 0.1) is 29.6 Å². The highest BCUT2D eigenvalue weighted by Crippen LogP contribution is 2.22. The van der Waals surface area contributed by atoms with E-state index in [0.717, 1.165) is 12.2 Å². The highest BCUT2D eigenvalue weighted by Gasteiger charge is 2.06. The summed E-state index contributed by atoms with van der Waals surface area (Å²) in [6, 6.07) is 7.37. The summed E-state index contributed by atoms with van der Waals surface area (Å²) in [6.07, 6.45) is 0. The molecular formula is C12H17N3O. The Morgan fingerprint density at radius 3 is 2.88 bits per heavy atom. The Morgan fingerprint density at radius 1 is 1.50 bits per heavy atom. The number of hydrogen-bond acceptors (Lipinski definition) is 4. The summed E-state index contributed by atoms with van der Waals surface area (Å²) in [5.41, 5.74) is 8.03. The SMILES string of the molecule is CCOCCN(C)c1cc(C#N)ccc1N. The molecule has 0 aromatic heterocycles. The second kappa shape index (κ2) is 5.99. The predicted molar refractivity (Wildman–Crippen MR) is 65.3 cm³/mol. The molecule has 4 nitrogen and oxygen atoms in total. The lowest BCUT2D eigenvalue weighted by atomic mass is 10.2. The minimum Gasteiger partial charge on any atom is -0.397 e. The van der Waals surface area contributed by atoms with Crippen LogP contribution in [0.5, 0.6) is 0 Å². The van der Waals surface area contributed by atoms with Gasteiger partial charge in [0, 0.05) is 20.2 Å². The fraction of sp³-hybridized carbons (Fsp3) is 0.417. The number of nitrogens with zero attached hydrogens (tertiary/aromatic N) is 2. The molecule has 0 aliphatic rings. The molecule has 0 bridgehead atoms. The van der Waals surface area contributed by atoms with E-state index in [-0.39, 0.29) is 0 Å². The van der Waals surface area contributed by atoms with Crippen molar-refractivity contribution in [3.05, 3.63) is 23.8 Å². The third-order valence-electron chi connectivity index (χ3n) is 2.35. The van der Waals surface area contributed by atoms with E-state index < -0.39 is 0 Å². The quantitative estimate of drug-likeness (QED) is 0.603. The van der Waals surface area contributed by atoms with Gasteiger partial charge in [-0.3, -0.25) is 0 Å². The Balaban J connectivity index is 2.74. The van der Waals surface area contributed by atoms with Crippen LogP contribution in [0.2, 0.25) is 0 Å². The third kappa shape index (κ3) is 3.14. The zero-order valence-electron chi connectivity index (χ0n) is 9.73. The molecule has 0 saturated heterocycles. The number of benzene rings is 1. The summed E-state index contributed by atoms with van der Waals surface area (Å²) in [6.45, 7) is 4.09. The molecule has 0 aliphatic carbocycles. The topological polar surface area (TPSA) is 62.3 Å². The molecule has 16 heavy (non-hydrogen) atoms. The number of likely N-dealkylation sites (N-methyl/N-ethyl adjacent to an activating group) is 1. The Labute approximate surface area is 96.2 Å². The van der Waals surface area contributed by atoms with Crippen molar-refractivity contribution >= 4 is 11.4 Å². The van der Waals surface area contributed by atoms with Gasteiger partial charge in [0.15, 0.2) is 0 Å². The van der Waals surface area contributed by atoms with Crippen molar-refractivity contribution in [3.8, 4) is 6.07 Å². The van der Waals surface area contributed by atoms with E-state index in [2.05, 4.69) is 6.07 Å². The zero-order chi connectivity index (χ0) is 12.0. The van der Waals surface area contributed by atoms with E-state index >= 15 is 0 Å². The van der Waals surface area contributed by atoms with E-state index in [1.54, 1.807) is 18.2 Å². The van der Waals surface area contributed by atoms with Crippen LogP contribution in [-0.2, 0) is 4.74 Å². The fourth-order valence-electron chi connectivity index (χ4n) is 1.41. The van der Waals surface area contributed by atoms with Crippen LogP contribution in [0.1, 0.15) is 12.5 Å². The third-order valence-corrected chi connectivity index (χ3v) is 2.35. The molecule has 0 radical (unpaired) electrons. The Kier molecular flexibility index (Phi) is 4.62. The summed E-state index contributed by atoms with van der Waals surface area (Å²) >= 11 is 0. The molecule has 0 saturated carbocycles. The molecule has 0 heterocycles. The maximum Gasteiger partial charge on any atom is 0.0992 e. The minimum atomic E-state index is 0.618. The summed E-state index contributed by atoms with van der Waals surface area (Å²) in [5.74, 6) is 0. The molecular weight excluding hydrogens is 202 g/mol. The monoisotopic (exact) mass is 219 g/mol. The number of nitriles is 1. The summed E-state index contributed by atoms with van der Waals surface area (Å²) in [7, 11) is 1.94. The Morgan fingerprint density at radius 2 is 2.25 bits per heavy atom. The molecule has 1 aromatic rings. The van der Waals surface area contributed by atoms with Gasteiger partial charge in [0.2, 0.25) is 0 Å². The maximum absolute atomic E-state index is 8.81. The van der Waals surface area contributed by atoms with Gasteiger partial charge >= 0.3 is 0 Å². The number of nitrogens with two attached hydrogens (primary N) is 1. The van der Waals surface area contributed by atoms with Gasteiger partial charge in [-0.15, -0.1) is 0 Å². The molecule has 0 unspecified atom stereocenters. The Bertz CT molecular complexity index is 384. The standard InChI is InChI=1S/C12H17N3O/c1-3-16-7-6-15(2)12-8-10(9-13)4-5-11(12)14/h4-5,8H,3,6-7,14H2,1-2H3. The van der Waals surface area contributed by atoms with Crippen LogP contribution in [-0.4, -0.2) is 26.8 Å². The average molecular weight is 219 g/mol. The van der Waals surface area contributed by atoms with Crippen LogP contribution in [0.3, 0.4) is 0 Å². The van der Waals surface area contributed by atoms with Crippen molar-refractivity contribution in [1.82, 2.24) is 0 Å². The van der Waals surface area contributed by atoms with E-state index in [9.17, 15) is 0 Å². The minimum absolute atomic E-state index is 0.618. The Hall–Kier alpha value is -1.73. The van der Waals surface area contributed by atoms with Crippen LogP contribution in [0.4, 0.5) is 11.4 Å². The maximum atomic E-state index is 8.81. The molecule has 0 fully saturated rings. The number of nitrogen functional groups attached to an aromatic ring is 1. The normalized spacial score (nSPS) is 9.81.